The Hall–Kier alpha value is -2.02. The van der Waals surface area contributed by atoms with Gasteiger partial charge in [-0.1, -0.05) is 50.2 Å². The third kappa shape index (κ3) is 2.17. The summed E-state index contributed by atoms with van der Waals surface area (Å²) in [4.78, 5) is 0. The molecule has 0 aliphatic rings. The van der Waals surface area contributed by atoms with Crippen molar-refractivity contribution in [3.05, 3.63) is 53.6 Å². The monoisotopic (exact) mass is 251 g/mol. The van der Waals surface area contributed by atoms with Crippen LogP contribution >= 0.6 is 0 Å². The lowest BCUT2D eigenvalue weighted by Crippen LogP contribution is -1.90. The predicted molar refractivity (Wildman–Crippen MR) is 86.7 cm³/mol. The summed E-state index contributed by atoms with van der Waals surface area (Å²) < 4.78 is 0. The lowest BCUT2D eigenvalue weighted by Gasteiger charge is -2.11. The van der Waals surface area contributed by atoms with Gasteiger partial charge in [-0.25, -0.2) is 0 Å². The van der Waals surface area contributed by atoms with E-state index in [0.29, 0.717) is 0 Å². The van der Waals surface area contributed by atoms with Crippen molar-refractivity contribution in [1.29, 1.82) is 0 Å². The van der Waals surface area contributed by atoms with Crippen molar-refractivity contribution in [2.75, 3.05) is 5.73 Å². The van der Waals surface area contributed by atoms with E-state index in [2.05, 4.69) is 50.2 Å². The molecule has 0 spiro atoms. The summed E-state index contributed by atoms with van der Waals surface area (Å²) in [6.07, 6.45) is 0. The number of anilines is 1. The molecule has 2 N–H and O–H groups in total. The molecular formula is C18H21N. The SMILES string of the molecule is CC.Cc1cccc2ccc3c(N)ccc(C)c3c12. The van der Waals surface area contributed by atoms with Crippen LogP contribution in [0.5, 0.6) is 0 Å². The van der Waals surface area contributed by atoms with Gasteiger partial charge in [-0.3, -0.25) is 0 Å². The molecule has 0 fully saturated rings. The van der Waals surface area contributed by atoms with Crippen molar-refractivity contribution in [2.24, 2.45) is 0 Å². The van der Waals surface area contributed by atoms with Gasteiger partial charge in [0.05, 0.1) is 0 Å². The number of fused-ring (bicyclic) bond motifs is 3. The van der Waals surface area contributed by atoms with Crippen molar-refractivity contribution in [2.45, 2.75) is 27.7 Å². The van der Waals surface area contributed by atoms with Crippen LogP contribution in [0.15, 0.2) is 42.5 Å². The zero-order valence-electron chi connectivity index (χ0n) is 12.1. The van der Waals surface area contributed by atoms with Crippen LogP contribution in [0.1, 0.15) is 25.0 Å². The van der Waals surface area contributed by atoms with Crippen LogP contribution in [0.25, 0.3) is 21.5 Å². The number of hydrogen-bond acceptors (Lipinski definition) is 1. The standard InChI is InChI=1S/C16H15N.C2H6/c1-10-4-3-5-12-7-8-13-14(17)9-6-11(2)16(13)15(10)12;1-2/h3-9H,17H2,1-2H3;1-2H3. The second kappa shape index (κ2) is 5.31. The second-order valence-corrected chi connectivity index (χ2v) is 4.63. The molecule has 98 valence electrons. The van der Waals surface area contributed by atoms with Crippen molar-refractivity contribution < 1.29 is 0 Å². The summed E-state index contributed by atoms with van der Waals surface area (Å²) in [6.45, 7) is 8.30. The molecule has 0 unspecified atom stereocenters. The lowest BCUT2D eigenvalue weighted by atomic mass is 9.94. The summed E-state index contributed by atoms with van der Waals surface area (Å²) in [5.41, 5.74) is 9.52. The maximum Gasteiger partial charge on any atom is 0.0394 e. The lowest BCUT2D eigenvalue weighted by molar-refractivity contribution is 1.50. The van der Waals surface area contributed by atoms with Crippen molar-refractivity contribution >= 4 is 27.2 Å². The van der Waals surface area contributed by atoms with Gasteiger partial charge in [-0.2, -0.15) is 0 Å². The third-order valence-corrected chi connectivity index (χ3v) is 3.47. The van der Waals surface area contributed by atoms with Crippen molar-refractivity contribution in [3.63, 3.8) is 0 Å². The minimum atomic E-state index is 0.857. The predicted octanol–water partition coefficient (Wildman–Crippen LogP) is 5.22. The number of nitrogen functional groups attached to an aromatic ring is 1. The van der Waals surface area contributed by atoms with Gasteiger partial charge in [-0.05, 0) is 47.2 Å². The Bertz CT molecular complexity index is 726. The molecular weight excluding hydrogens is 230 g/mol. The zero-order chi connectivity index (χ0) is 14.0. The Morgan fingerprint density at radius 3 is 2.16 bits per heavy atom. The number of rotatable bonds is 0. The molecule has 0 bridgehead atoms. The van der Waals surface area contributed by atoms with E-state index in [0.717, 1.165) is 11.1 Å². The van der Waals surface area contributed by atoms with Gasteiger partial charge in [0.2, 0.25) is 0 Å². The topological polar surface area (TPSA) is 26.0 Å². The highest BCUT2D eigenvalue weighted by atomic mass is 14.5. The molecule has 0 atom stereocenters. The number of benzene rings is 3. The fourth-order valence-electron chi connectivity index (χ4n) is 2.60. The van der Waals surface area contributed by atoms with E-state index < -0.39 is 0 Å². The first-order chi connectivity index (χ1) is 9.18. The minimum absolute atomic E-state index is 0.857. The summed E-state index contributed by atoms with van der Waals surface area (Å²) in [5.74, 6) is 0. The fourth-order valence-corrected chi connectivity index (χ4v) is 2.60. The van der Waals surface area contributed by atoms with Gasteiger partial charge >= 0.3 is 0 Å². The van der Waals surface area contributed by atoms with Crippen LogP contribution in [-0.4, -0.2) is 0 Å². The fraction of sp³-hybridized carbons (Fsp3) is 0.222. The molecule has 0 aliphatic carbocycles. The summed E-state index contributed by atoms with van der Waals surface area (Å²) >= 11 is 0. The van der Waals surface area contributed by atoms with Gasteiger partial charge in [-0.15, -0.1) is 0 Å². The molecule has 0 radical (unpaired) electrons. The molecule has 1 nitrogen and oxygen atoms in total. The molecule has 3 aromatic carbocycles. The Balaban J connectivity index is 0.000000637. The smallest absolute Gasteiger partial charge is 0.0394 e. The molecule has 19 heavy (non-hydrogen) atoms. The van der Waals surface area contributed by atoms with E-state index in [1.54, 1.807) is 0 Å². The van der Waals surface area contributed by atoms with Crippen LogP contribution in [0, 0.1) is 13.8 Å². The van der Waals surface area contributed by atoms with Crippen LogP contribution < -0.4 is 5.73 Å². The van der Waals surface area contributed by atoms with Crippen LogP contribution in [0.2, 0.25) is 0 Å². The molecule has 0 aliphatic heterocycles. The number of nitrogens with two attached hydrogens (primary N) is 1. The first kappa shape index (κ1) is 13.4. The molecule has 0 aromatic heterocycles. The third-order valence-electron chi connectivity index (χ3n) is 3.47. The highest BCUT2D eigenvalue weighted by molar-refractivity contribution is 6.13. The van der Waals surface area contributed by atoms with Gasteiger partial charge in [0.1, 0.15) is 0 Å². The van der Waals surface area contributed by atoms with E-state index in [1.165, 1.54) is 27.3 Å². The summed E-state index contributed by atoms with van der Waals surface area (Å²) in [6, 6.07) is 14.8. The number of aryl methyl sites for hydroxylation is 2. The van der Waals surface area contributed by atoms with E-state index in [1.807, 2.05) is 19.9 Å². The van der Waals surface area contributed by atoms with E-state index in [-0.39, 0.29) is 0 Å². The van der Waals surface area contributed by atoms with Gasteiger partial charge in [0.15, 0.2) is 0 Å². The molecule has 0 amide bonds. The van der Waals surface area contributed by atoms with Crippen molar-refractivity contribution in [1.82, 2.24) is 0 Å². The van der Waals surface area contributed by atoms with Crippen LogP contribution in [-0.2, 0) is 0 Å². The first-order valence-electron chi connectivity index (χ1n) is 6.85. The minimum Gasteiger partial charge on any atom is -0.398 e. The summed E-state index contributed by atoms with van der Waals surface area (Å²) in [5, 5.41) is 5.06. The Morgan fingerprint density at radius 2 is 1.42 bits per heavy atom. The molecule has 0 heterocycles. The molecule has 3 rings (SSSR count). The van der Waals surface area contributed by atoms with Gasteiger partial charge < -0.3 is 5.73 Å². The van der Waals surface area contributed by atoms with Gasteiger partial charge in [0, 0.05) is 11.1 Å². The zero-order valence-corrected chi connectivity index (χ0v) is 12.1. The van der Waals surface area contributed by atoms with E-state index >= 15 is 0 Å². The van der Waals surface area contributed by atoms with Gasteiger partial charge in [0.25, 0.3) is 0 Å². The normalized spacial score (nSPS) is 10.3. The molecule has 0 saturated carbocycles. The highest BCUT2D eigenvalue weighted by Gasteiger charge is 2.07. The average molecular weight is 251 g/mol. The molecule has 1 heteroatoms. The first-order valence-corrected chi connectivity index (χ1v) is 6.85. The summed E-state index contributed by atoms with van der Waals surface area (Å²) in [7, 11) is 0. The second-order valence-electron chi connectivity index (χ2n) is 4.63. The Kier molecular flexibility index (Phi) is 3.75. The van der Waals surface area contributed by atoms with E-state index in [9.17, 15) is 0 Å². The number of hydrogen-bond donors (Lipinski definition) is 1. The maximum absolute atomic E-state index is 6.07. The van der Waals surface area contributed by atoms with E-state index in [4.69, 9.17) is 5.73 Å². The molecule has 3 aromatic rings. The van der Waals surface area contributed by atoms with Crippen LogP contribution in [0.4, 0.5) is 5.69 Å². The Labute approximate surface area is 115 Å². The quantitative estimate of drug-likeness (QED) is 0.430. The van der Waals surface area contributed by atoms with Crippen LogP contribution in [0.3, 0.4) is 0 Å². The highest BCUT2D eigenvalue weighted by Crippen LogP contribution is 2.33. The Morgan fingerprint density at radius 1 is 0.737 bits per heavy atom. The maximum atomic E-state index is 6.07. The largest absolute Gasteiger partial charge is 0.398 e. The van der Waals surface area contributed by atoms with Crippen molar-refractivity contribution in [3.8, 4) is 0 Å². The molecule has 0 saturated heterocycles. The average Bonchev–Trinajstić information content (AvgIpc) is 2.45.